The minimum Gasteiger partial charge on any atom is -0.276 e. The van der Waals surface area contributed by atoms with Crippen molar-refractivity contribution in [3.8, 4) is 0 Å². The molecule has 3 rings (SSSR count). The number of carbonyl (C=O) groups is 3. The molecule has 1 aliphatic heterocycles. The third kappa shape index (κ3) is 1.87. The van der Waals surface area contributed by atoms with Crippen LogP contribution in [-0.4, -0.2) is 17.8 Å². The molecule has 1 N–H and O–H groups in total. The topological polar surface area (TPSA) is 66.5 Å². The molecule has 0 unspecified atom stereocenters. The van der Waals surface area contributed by atoms with Crippen molar-refractivity contribution in [1.29, 1.82) is 0 Å². The van der Waals surface area contributed by atoms with Gasteiger partial charge in [0.25, 0.3) is 5.91 Å². The third-order valence-electron chi connectivity index (χ3n) is 4.41. The lowest BCUT2D eigenvalue weighted by Crippen LogP contribution is -2.59. The summed E-state index contributed by atoms with van der Waals surface area (Å²) in [5, 5.41) is 2.34. The third-order valence-corrected chi connectivity index (χ3v) is 4.41. The van der Waals surface area contributed by atoms with Crippen molar-refractivity contribution in [1.82, 2.24) is 5.32 Å². The molecule has 1 aromatic carbocycles. The Bertz CT molecular complexity index is 625. The number of aryl methyl sites for hydroxylation is 2. The van der Waals surface area contributed by atoms with Crippen LogP contribution in [0.2, 0.25) is 0 Å². The van der Waals surface area contributed by atoms with Gasteiger partial charge < -0.3 is 0 Å². The Balaban J connectivity index is 2.13. The van der Waals surface area contributed by atoms with E-state index in [4.69, 9.17) is 0 Å². The highest BCUT2D eigenvalue weighted by atomic mass is 16.2. The van der Waals surface area contributed by atoms with E-state index in [2.05, 4.69) is 5.32 Å². The Morgan fingerprint density at radius 3 is 2.14 bits per heavy atom. The van der Waals surface area contributed by atoms with Crippen molar-refractivity contribution >= 4 is 23.5 Å². The molecule has 2 aliphatic rings. The number of barbiturate groups is 1. The minimum absolute atomic E-state index is 0.369. The summed E-state index contributed by atoms with van der Waals surface area (Å²) < 4.78 is 0. The summed E-state index contributed by atoms with van der Waals surface area (Å²) in [5.41, 5.74) is 1.55. The number of nitrogens with one attached hydrogen (secondary N) is 1. The molecule has 2 fully saturated rings. The zero-order valence-corrected chi connectivity index (χ0v) is 12.2. The van der Waals surface area contributed by atoms with Gasteiger partial charge in [0.15, 0.2) is 0 Å². The molecule has 0 bridgehead atoms. The average molecular weight is 286 g/mol. The van der Waals surface area contributed by atoms with Gasteiger partial charge in [0.2, 0.25) is 5.91 Å². The molecule has 4 amide bonds. The predicted octanol–water partition coefficient (Wildman–Crippen LogP) is 2.17. The number of imide groups is 2. The van der Waals surface area contributed by atoms with Crippen molar-refractivity contribution < 1.29 is 14.4 Å². The number of rotatable bonds is 3. The molecular formula is C16H18N2O3. The molecule has 1 spiro atoms. The molecule has 1 aliphatic carbocycles. The highest BCUT2D eigenvalue weighted by Crippen LogP contribution is 2.50. The molecule has 0 atom stereocenters. The van der Waals surface area contributed by atoms with Crippen LogP contribution >= 0.6 is 0 Å². The zero-order valence-electron chi connectivity index (χ0n) is 12.2. The highest BCUT2D eigenvalue weighted by Gasteiger charge is 2.62. The molecule has 1 aromatic rings. The van der Waals surface area contributed by atoms with Crippen LogP contribution in [0.3, 0.4) is 0 Å². The summed E-state index contributed by atoms with van der Waals surface area (Å²) in [6, 6.07) is 5.15. The second-order valence-electron chi connectivity index (χ2n) is 5.61. The van der Waals surface area contributed by atoms with Crippen LogP contribution in [0.5, 0.6) is 0 Å². The Hall–Kier alpha value is -2.17. The van der Waals surface area contributed by atoms with Crippen LogP contribution in [0.1, 0.15) is 37.8 Å². The Morgan fingerprint density at radius 1 is 1.10 bits per heavy atom. The van der Waals surface area contributed by atoms with Crippen LogP contribution in [0.15, 0.2) is 18.2 Å². The summed E-state index contributed by atoms with van der Waals surface area (Å²) in [4.78, 5) is 38.0. The Kier molecular flexibility index (Phi) is 3.08. The molecule has 21 heavy (non-hydrogen) atoms. The first kappa shape index (κ1) is 13.8. The monoisotopic (exact) mass is 286 g/mol. The van der Waals surface area contributed by atoms with Crippen LogP contribution in [0.25, 0.3) is 0 Å². The molecule has 5 heteroatoms. The lowest BCUT2D eigenvalue weighted by atomic mass is 9.97. The normalized spacial score (nSPS) is 19.9. The molecule has 0 radical (unpaired) electrons. The van der Waals surface area contributed by atoms with E-state index in [0.717, 1.165) is 24.0 Å². The molecular weight excluding hydrogens is 268 g/mol. The van der Waals surface area contributed by atoms with Gasteiger partial charge in [-0.2, -0.15) is 0 Å². The fraction of sp³-hybridized carbons (Fsp3) is 0.438. The smallest absolute Gasteiger partial charge is 0.276 e. The standard InChI is InChI=1S/C16H18N2O3/c1-3-10-6-5-7-11(4-2)12(10)18-14(20)16(8-9-16)13(19)17-15(18)21/h5-7H,3-4,8-9H2,1-2H3,(H,17,19,21). The van der Waals surface area contributed by atoms with E-state index in [9.17, 15) is 14.4 Å². The number of benzene rings is 1. The first-order valence-electron chi connectivity index (χ1n) is 7.36. The lowest BCUT2D eigenvalue weighted by Gasteiger charge is -2.32. The summed E-state index contributed by atoms with van der Waals surface area (Å²) in [5.74, 6) is -0.812. The van der Waals surface area contributed by atoms with Gasteiger partial charge in [0, 0.05) is 0 Å². The lowest BCUT2D eigenvalue weighted by molar-refractivity contribution is -0.136. The predicted molar refractivity (Wildman–Crippen MR) is 77.9 cm³/mol. The van der Waals surface area contributed by atoms with Gasteiger partial charge in [-0.05, 0) is 36.8 Å². The molecule has 1 saturated carbocycles. The van der Waals surface area contributed by atoms with Gasteiger partial charge in [0.05, 0.1) is 5.69 Å². The van der Waals surface area contributed by atoms with Crippen molar-refractivity contribution in [2.45, 2.75) is 39.5 Å². The fourth-order valence-electron chi connectivity index (χ4n) is 2.95. The largest absolute Gasteiger partial charge is 0.335 e. The summed E-state index contributed by atoms with van der Waals surface area (Å²) in [6.45, 7) is 3.98. The Labute approximate surface area is 123 Å². The number of urea groups is 1. The van der Waals surface area contributed by atoms with Gasteiger partial charge in [-0.25, -0.2) is 9.69 Å². The van der Waals surface area contributed by atoms with Gasteiger partial charge in [0.1, 0.15) is 5.41 Å². The van der Waals surface area contributed by atoms with Gasteiger partial charge in [-0.3, -0.25) is 14.9 Å². The van der Waals surface area contributed by atoms with E-state index in [-0.39, 0.29) is 5.91 Å². The summed E-state index contributed by atoms with van der Waals surface area (Å²) in [6.07, 6.45) is 2.50. The first-order valence-corrected chi connectivity index (χ1v) is 7.36. The van der Waals surface area contributed by atoms with Crippen LogP contribution in [0, 0.1) is 5.41 Å². The van der Waals surface area contributed by atoms with E-state index in [1.807, 2.05) is 32.0 Å². The van der Waals surface area contributed by atoms with Crippen molar-refractivity contribution in [2.24, 2.45) is 5.41 Å². The summed E-state index contributed by atoms with van der Waals surface area (Å²) in [7, 11) is 0. The van der Waals surface area contributed by atoms with Crippen molar-refractivity contribution in [3.05, 3.63) is 29.3 Å². The number of amides is 4. The van der Waals surface area contributed by atoms with E-state index in [1.54, 1.807) is 0 Å². The second kappa shape index (κ2) is 4.69. The SMILES string of the molecule is CCc1cccc(CC)c1N1C(=O)NC(=O)C2(CC2)C1=O. The van der Waals surface area contributed by atoms with Gasteiger partial charge >= 0.3 is 6.03 Å². The van der Waals surface area contributed by atoms with Crippen LogP contribution in [0.4, 0.5) is 10.5 Å². The molecule has 110 valence electrons. The number of para-hydroxylation sites is 1. The Morgan fingerprint density at radius 2 is 1.67 bits per heavy atom. The summed E-state index contributed by atoms with van der Waals surface area (Å²) >= 11 is 0. The fourth-order valence-corrected chi connectivity index (χ4v) is 2.95. The highest BCUT2D eigenvalue weighted by molar-refractivity contribution is 6.31. The minimum atomic E-state index is -1.00. The van der Waals surface area contributed by atoms with E-state index in [1.165, 1.54) is 4.90 Å². The second-order valence-corrected chi connectivity index (χ2v) is 5.61. The van der Waals surface area contributed by atoms with E-state index >= 15 is 0 Å². The van der Waals surface area contributed by atoms with E-state index < -0.39 is 17.4 Å². The number of hydrogen-bond donors (Lipinski definition) is 1. The molecule has 1 heterocycles. The maximum Gasteiger partial charge on any atom is 0.335 e. The zero-order chi connectivity index (χ0) is 15.2. The molecule has 5 nitrogen and oxygen atoms in total. The van der Waals surface area contributed by atoms with Crippen molar-refractivity contribution in [2.75, 3.05) is 4.90 Å². The van der Waals surface area contributed by atoms with Gasteiger partial charge in [-0.1, -0.05) is 32.0 Å². The van der Waals surface area contributed by atoms with Crippen molar-refractivity contribution in [3.63, 3.8) is 0 Å². The number of anilines is 1. The average Bonchev–Trinajstić information content (AvgIpc) is 3.27. The molecule has 1 saturated heterocycles. The van der Waals surface area contributed by atoms with E-state index in [0.29, 0.717) is 18.5 Å². The maximum atomic E-state index is 12.7. The number of nitrogens with zero attached hydrogens (tertiary/aromatic N) is 1. The van der Waals surface area contributed by atoms with Crippen LogP contribution in [-0.2, 0) is 22.4 Å². The number of hydrogen-bond acceptors (Lipinski definition) is 3. The van der Waals surface area contributed by atoms with Gasteiger partial charge in [-0.15, -0.1) is 0 Å². The first-order chi connectivity index (χ1) is 10.0. The van der Waals surface area contributed by atoms with Crippen LogP contribution < -0.4 is 10.2 Å². The quantitative estimate of drug-likeness (QED) is 0.866. The maximum absolute atomic E-state index is 12.7. The molecule has 0 aromatic heterocycles. The number of carbonyl (C=O) groups excluding carboxylic acids is 3.